The lowest BCUT2D eigenvalue weighted by Gasteiger charge is -2.22. The summed E-state index contributed by atoms with van der Waals surface area (Å²) >= 11 is 0. The molecule has 0 fully saturated rings. The minimum absolute atomic E-state index is 0.250. The van der Waals surface area contributed by atoms with E-state index in [1.165, 1.54) is 26.5 Å². The zero-order valence-corrected chi connectivity index (χ0v) is 22.7. The first kappa shape index (κ1) is 46.7. The molecule has 0 saturated heterocycles. The molecule has 0 bridgehead atoms. The lowest BCUT2D eigenvalue weighted by Crippen LogP contribution is -2.12. The first-order valence-electron chi connectivity index (χ1n) is 10.7. The Morgan fingerprint density at radius 2 is 1.30 bits per heavy atom. The summed E-state index contributed by atoms with van der Waals surface area (Å²) in [6.07, 6.45) is 2.63. The zero-order chi connectivity index (χ0) is 26.0. The first-order valence-corrected chi connectivity index (χ1v) is 10.7. The second kappa shape index (κ2) is 50.8. The average Bonchev–Trinajstić information content (AvgIpc) is 2.71. The van der Waals surface area contributed by atoms with Crippen molar-refractivity contribution in [3.8, 4) is 0 Å². The summed E-state index contributed by atoms with van der Waals surface area (Å²) < 4.78 is 8.01. The molecular weight excluding hydrogens is 382 g/mol. The molecule has 0 aliphatic heterocycles. The van der Waals surface area contributed by atoms with Crippen molar-refractivity contribution in [2.75, 3.05) is 41.0 Å². The van der Waals surface area contributed by atoms with E-state index in [-0.39, 0.29) is 6.61 Å². The maximum Gasteiger partial charge on any atom is 0.293 e. The molecule has 0 radical (unpaired) electrons. The third kappa shape index (κ3) is 130. The van der Waals surface area contributed by atoms with E-state index < -0.39 is 0 Å². The predicted molar refractivity (Wildman–Crippen MR) is 134 cm³/mol. The fraction of sp³-hybridized carbons (Fsp3) is 0.833. The predicted octanol–water partition coefficient (Wildman–Crippen LogP) is 5.83. The number of rotatable bonds is 6. The number of aliphatic hydroxyl groups is 1. The third-order valence-corrected chi connectivity index (χ3v) is 3.02. The van der Waals surface area contributed by atoms with Crippen LogP contribution >= 0.6 is 0 Å². The van der Waals surface area contributed by atoms with Crippen LogP contribution in [0.5, 0.6) is 0 Å². The van der Waals surface area contributed by atoms with Gasteiger partial charge in [0.05, 0.1) is 13.7 Å². The summed E-state index contributed by atoms with van der Waals surface area (Å²) in [4.78, 5) is 20.3. The summed E-state index contributed by atoms with van der Waals surface area (Å²) in [6.45, 7) is 29.7. The van der Waals surface area contributed by atoms with Crippen LogP contribution in [0.2, 0.25) is 0 Å². The maximum atomic E-state index is 9.18. The van der Waals surface area contributed by atoms with Gasteiger partial charge >= 0.3 is 0 Å². The molecule has 0 unspecified atom stereocenters. The summed E-state index contributed by atoms with van der Waals surface area (Å²) in [7, 11) is 5.53. The number of carbonyl (C=O) groups excluding carboxylic acids is 2. The molecule has 0 aromatic heterocycles. The molecule has 0 aliphatic rings. The Bertz CT molecular complexity index is 252. The average molecular weight is 440 g/mol. The number of aliphatic hydroxyl groups excluding tert-OH is 1. The van der Waals surface area contributed by atoms with Crippen molar-refractivity contribution >= 4 is 12.9 Å². The van der Waals surface area contributed by atoms with Crippen molar-refractivity contribution in [1.29, 1.82) is 0 Å². The monoisotopic (exact) mass is 439 g/mol. The van der Waals surface area contributed by atoms with Gasteiger partial charge in [-0.25, -0.2) is 0 Å². The van der Waals surface area contributed by atoms with Crippen LogP contribution in [0.3, 0.4) is 0 Å². The molecule has 0 heterocycles. The van der Waals surface area contributed by atoms with Crippen LogP contribution in [-0.4, -0.2) is 63.9 Å². The molecule has 0 saturated carbocycles. The highest BCUT2D eigenvalue weighted by molar-refractivity contribution is 5.36. The molecule has 0 aliphatic carbocycles. The molecule has 6 heteroatoms. The van der Waals surface area contributed by atoms with Gasteiger partial charge in [-0.15, -0.1) is 13.2 Å². The second-order valence-electron chi connectivity index (χ2n) is 6.88. The molecule has 0 aromatic carbocycles. The number of hydrogen-bond donors (Lipinski definition) is 1. The van der Waals surface area contributed by atoms with E-state index >= 15 is 0 Å². The quantitative estimate of drug-likeness (QED) is 0.414. The molecule has 6 nitrogen and oxygen atoms in total. The Balaban J connectivity index is -0.0000000434. The molecule has 0 spiro atoms. The van der Waals surface area contributed by atoms with Gasteiger partial charge in [0.2, 0.25) is 0 Å². The summed E-state index contributed by atoms with van der Waals surface area (Å²) in [5.41, 5.74) is 0.500. The number of carbonyl (C=O) groups is 2. The van der Waals surface area contributed by atoms with Crippen LogP contribution in [0.4, 0.5) is 0 Å². The lowest BCUT2D eigenvalue weighted by molar-refractivity contribution is -0.128. The van der Waals surface area contributed by atoms with Crippen molar-refractivity contribution in [1.82, 2.24) is 4.90 Å². The largest absolute Gasteiger partial charge is 0.471 e. The van der Waals surface area contributed by atoms with Crippen LogP contribution in [0.1, 0.15) is 82.1 Å². The van der Waals surface area contributed by atoms with Gasteiger partial charge < -0.3 is 19.5 Å². The second-order valence-corrected chi connectivity index (χ2v) is 6.88. The van der Waals surface area contributed by atoms with Gasteiger partial charge in [0.1, 0.15) is 0 Å². The molecule has 0 aromatic rings. The van der Waals surface area contributed by atoms with Crippen molar-refractivity contribution in [3.63, 3.8) is 0 Å². The number of nitrogens with zero attached hydrogens (tertiary/aromatic N) is 1. The van der Waals surface area contributed by atoms with Crippen molar-refractivity contribution in [2.45, 2.75) is 82.1 Å². The molecule has 0 atom stereocenters. The first-order chi connectivity index (χ1) is 14.0. The van der Waals surface area contributed by atoms with Crippen LogP contribution in [0.25, 0.3) is 0 Å². The van der Waals surface area contributed by atoms with E-state index in [0.29, 0.717) is 25.0 Å². The highest BCUT2D eigenvalue weighted by atomic mass is 16.5. The van der Waals surface area contributed by atoms with Crippen molar-refractivity contribution in [3.05, 3.63) is 13.2 Å². The Morgan fingerprint density at radius 1 is 1.00 bits per heavy atom. The maximum absolute atomic E-state index is 9.18. The minimum atomic E-state index is 0.250. The highest BCUT2D eigenvalue weighted by Crippen LogP contribution is 2.23. The minimum Gasteiger partial charge on any atom is -0.471 e. The van der Waals surface area contributed by atoms with Crippen LogP contribution in [0.15, 0.2) is 13.2 Å². The fourth-order valence-electron chi connectivity index (χ4n) is 0.542. The molecule has 0 rings (SSSR count). The van der Waals surface area contributed by atoms with Gasteiger partial charge in [-0.05, 0) is 52.2 Å². The van der Waals surface area contributed by atoms with E-state index in [9.17, 15) is 4.79 Å². The highest BCUT2D eigenvalue weighted by Gasteiger charge is 2.13. The third-order valence-electron chi connectivity index (χ3n) is 3.02. The molecule has 1 N–H and O–H groups in total. The number of hydrogen-bond acceptors (Lipinski definition) is 6. The molecule has 0 amide bonds. The fourth-order valence-corrected chi connectivity index (χ4v) is 0.542. The van der Waals surface area contributed by atoms with Crippen LogP contribution in [0, 0.1) is 11.3 Å². The molecule has 188 valence electrons. The molecular formula is C24H57NO5. The zero-order valence-electron chi connectivity index (χ0n) is 22.7. The van der Waals surface area contributed by atoms with Crippen LogP contribution in [-0.2, 0) is 19.1 Å². The Hall–Kier alpha value is -1.40. The van der Waals surface area contributed by atoms with E-state index in [0.717, 1.165) is 5.92 Å². The molecule has 30 heavy (non-hydrogen) atoms. The number of unbranched alkanes of at least 4 members (excludes halogenated alkanes) is 1. The van der Waals surface area contributed by atoms with Gasteiger partial charge in [0.25, 0.3) is 12.9 Å². The Labute approximate surface area is 190 Å². The van der Waals surface area contributed by atoms with Gasteiger partial charge in [-0.2, -0.15) is 0 Å². The van der Waals surface area contributed by atoms with E-state index in [1.807, 2.05) is 13.8 Å². The van der Waals surface area contributed by atoms with Gasteiger partial charge in [-0.3, -0.25) is 9.59 Å². The summed E-state index contributed by atoms with van der Waals surface area (Å²) in [5, 5.41) is 7.57. The number of methoxy groups -OCH3 is 1. The van der Waals surface area contributed by atoms with Gasteiger partial charge in [-0.1, -0.05) is 61.8 Å². The van der Waals surface area contributed by atoms with E-state index in [1.54, 1.807) is 13.8 Å². The van der Waals surface area contributed by atoms with E-state index in [2.05, 4.69) is 83.2 Å². The summed E-state index contributed by atoms with van der Waals surface area (Å²) in [6, 6.07) is 0. The van der Waals surface area contributed by atoms with Crippen molar-refractivity contribution < 1.29 is 24.2 Å². The van der Waals surface area contributed by atoms with Crippen molar-refractivity contribution in [2.24, 2.45) is 11.3 Å². The topological polar surface area (TPSA) is 76.1 Å². The Morgan fingerprint density at radius 3 is 1.33 bits per heavy atom. The number of ether oxygens (including phenoxy) is 2. The Kier molecular flexibility index (Phi) is 79.1. The smallest absolute Gasteiger partial charge is 0.293 e. The lowest BCUT2D eigenvalue weighted by atomic mass is 9.84. The van der Waals surface area contributed by atoms with E-state index in [4.69, 9.17) is 9.90 Å². The summed E-state index contributed by atoms with van der Waals surface area (Å²) in [5.74, 6) is 0.799. The normalized spacial score (nSPS) is 8.13. The SMILES string of the molecule is C=C.CC.CC(C)C(C)(C)C.CCCCN(C)C.CCO.CCOC=O.COC=O. The van der Waals surface area contributed by atoms with Gasteiger partial charge in [0.15, 0.2) is 0 Å². The van der Waals surface area contributed by atoms with Crippen LogP contribution < -0.4 is 0 Å². The van der Waals surface area contributed by atoms with Gasteiger partial charge in [0, 0.05) is 6.61 Å². The standard InChI is InChI=1S/C7H16.C6H15N.C3H6O2.C2H4O2.C2H6O.C2H6.C2H4/c1-6(2)7(3,4)5;1-4-5-6-7(2)3;1-2-5-3-4;1-4-2-3;1-2-3;2*1-2/h6H,1-5H3;4-6H2,1-3H3;3H,2H2,1H3;2H,1H3;3H,2H2,1H3;1-2H3;1-2H2.